The van der Waals surface area contributed by atoms with Crippen molar-refractivity contribution in [1.29, 1.82) is 0 Å². The van der Waals surface area contributed by atoms with E-state index in [0.29, 0.717) is 11.5 Å². The number of anilines is 1. The molecule has 3 rings (SSSR count). The maximum Gasteiger partial charge on any atom is 0.363 e. The predicted octanol–water partition coefficient (Wildman–Crippen LogP) is 3.62. The topological polar surface area (TPSA) is 68.1 Å². The van der Waals surface area contributed by atoms with Crippen molar-refractivity contribution in [1.82, 2.24) is 4.98 Å². The summed E-state index contributed by atoms with van der Waals surface area (Å²) in [6, 6.07) is 3.62. The van der Waals surface area contributed by atoms with Gasteiger partial charge < -0.3 is 15.4 Å². The summed E-state index contributed by atoms with van der Waals surface area (Å²) in [6.45, 7) is 7.02. The van der Waals surface area contributed by atoms with Gasteiger partial charge in [0.1, 0.15) is 0 Å². The Balaban J connectivity index is 1.82. The Morgan fingerprint density at radius 2 is 2.15 bits per heavy atom. The summed E-state index contributed by atoms with van der Waals surface area (Å²) in [6.07, 6.45) is 5.43. The standard InChI is InChI=1S/C15H21N3O2/c1-14(2)10-6-7-15(3,8-10)13(14)17-11-4-5-12(16-9-11)18(19)20/h4-5,9-10,13,17H,6-8H2,1-3H3. The molecule has 108 valence electrons. The molecular formula is C15H21N3O2. The van der Waals surface area contributed by atoms with Crippen molar-refractivity contribution in [3.05, 3.63) is 28.4 Å². The average Bonchev–Trinajstić information content (AvgIpc) is 2.86. The van der Waals surface area contributed by atoms with Crippen molar-refractivity contribution in [2.45, 2.75) is 46.1 Å². The summed E-state index contributed by atoms with van der Waals surface area (Å²) < 4.78 is 0. The van der Waals surface area contributed by atoms with E-state index >= 15 is 0 Å². The van der Waals surface area contributed by atoms with E-state index in [0.717, 1.165) is 11.6 Å². The zero-order valence-electron chi connectivity index (χ0n) is 12.2. The van der Waals surface area contributed by atoms with Crippen molar-refractivity contribution >= 4 is 11.5 Å². The van der Waals surface area contributed by atoms with Crippen molar-refractivity contribution in [2.24, 2.45) is 16.7 Å². The molecule has 3 atom stereocenters. The summed E-state index contributed by atoms with van der Waals surface area (Å²) in [5.74, 6) is 0.671. The molecule has 1 aromatic heterocycles. The molecule has 5 heteroatoms. The number of rotatable bonds is 3. The van der Waals surface area contributed by atoms with Crippen LogP contribution in [0.25, 0.3) is 0 Å². The third kappa shape index (κ3) is 1.87. The zero-order chi connectivity index (χ0) is 14.5. The highest BCUT2D eigenvalue weighted by Gasteiger charge is 2.59. The first kappa shape index (κ1) is 13.3. The number of hydrogen-bond donors (Lipinski definition) is 1. The van der Waals surface area contributed by atoms with Gasteiger partial charge in [-0.25, -0.2) is 0 Å². The second-order valence-electron chi connectivity index (χ2n) is 7.15. The van der Waals surface area contributed by atoms with Gasteiger partial charge in [-0.3, -0.25) is 0 Å². The van der Waals surface area contributed by atoms with E-state index < -0.39 is 4.92 Å². The van der Waals surface area contributed by atoms with Gasteiger partial charge in [-0.2, -0.15) is 0 Å². The van der Waals surface area contributed by atoms with E-state index in [4.69, 9.17) is 0 Å². The molecule has 0 radical (unpaired) electrons. The van der Waals surface area contributed by atoms with Gasteiger partial charge in [0.05, 0.1) is 5.69 Å². The maximum absolute atomic E-state index is 10.6. The van der Waals surface area contributed by atoms with Gasteiger partial charge in [-0.1, -0.05) is 20.8 Å². The van der Waals surface area contributed by atoms with Crippen LogP contribution >= 0.6 is 0 Å². The first-order chi connectivity index (χ1) is 9.33. The fourth-order valence-electron chi connectivity index (χ4n) is 4.41. The van der Waals surface area contributed by atoms with Crippen LogP contribution in [0.15, 0.2) is 18.3 Å². The number of aromatic nitrogens is 1. The SMILES string of the molecule is CC12CCC(C1)C(C)(C)C2Nc1ccc([N+](=O)[O-])nc1. The largest absolute Gasteiger partial charge is 0.378 e. The van der Waals surface area contributed by atoms with Crippen LogP contribution in [0.5, 0.6) is 0 Å². The predicted molar refractivity (Wildman–Crippen MR) is 77.5 cm³/mol. The molecule has 0 aliphatic heterocycles. The van der Waals surface area contributed by atoms with Gasteiger partial charge in [0.25, 0.3) is 0 Å². The van der Waals surface area contributed by atoms with Gasteiger partial charge in [0.2, 0.25) is 0 Å². The van der Waals surface area contributed by atoms with E-state index in [9.17, 15) is 10.1 Å². The molecule has 2 aliphatic rings. The molecule has 5 nitrogen and oxygen atoms in total. The second kappa shape index (κ2) is 4.17. The van der Waals surface area contributed by atoms with Crippen LogP contribution in [-0.2, 0) is 0 Å². The quantitative estimate of drug-likeness (QED) is 0.675. The second-order valence-corrected chi connectivity index (χ2v) is 7.15. The Kier molecular flexibility index (Phi) is 2.78. The van der Waals surface area contributed by atoms with Crippen LogP contribution in [0.4, 0.5) is 11.5 Å². The molecule has 2 saturated carbocycles. The van der Waals surface area contributed by atoms with Crippen molar-refractivity contribution in [3.63, 3.8) is 0 Å². The summed E-state index contributed by atoms with van der Waals surface area (Å²) in [4.78, 5) is 14.1. The highest BCUT2D eigenvalue weighted by molar-refractivity contribution is 5.46. The number of nitrogens with one attached hydrogen (secondary N) is 1. The Morgan fingerprint density at radius 3 is 2.65 bits per heavy atom. The minimum Gasteiger partial charge on any atom is -0.378 e. The minimum absolute atomic E-state index is 0.103. The third-order valence-corrected chi connectivity index (χ3v) is 5.52. The number of fused-ring (bicyclic) bond motifs is 2. The molecule has 1 N–H and O–H groups in total. The third-order valence-electron chi connectivity index (χ3n) is 5.52. The van der Waals surface area contributed by atoms with Crippen LogP contribution in [0, 0.1) is 26.9 Å². The van der Waals surface area contributed by atoms with Crippen molar-refractivity contribution in [3.8, 4) is 0 Å². The fourth-order valence-corrected chi connectivity index (χ4v) is 4.41. The normalized spacial score (nSPS) is 34.1. The lowest BCUT2D eigenvalue weighted by atomic mass is 9.68. The van der Waals surface area contributed by atoms with Crippen LogP contribution in [0.3, 0.4) is 0 Å². The lowest BCUT2D eigenvalue weighted by Crippen LogP contribution is -2.45. The number of nitro groups is 1. The van der Waals surface area contributed by atoms with E-state index in [1.165, 1.54) is 25.3 Å². The first-order valence-electron chi connectivity index (χ1n) is 7.20. The molecule has 1 heterocycles. The summed E-state index contributed by atoms with van der Waals surface area (Å²) in [5, 5.41) is 14.2. The molecule has 20 heavy (non-hydrogen) atoms. The van der Waals surface area contributed by atoms with Crippen LogP contribution in [0.2, 0.25) is 0 Å². The van der Waals surface area contributed by atoms with Gasteiger partial charge >= 0.3 is 5.82 Å². The van der Waals surface area contributed by atoms with Gasteiger partial charge in [-0.15, -0.1) is 0 Å². The average molecular weight is 275 g/mol. The van der Waals surface area contributed by atoms with E-state index in [1.54, 1.807) is 12.3 Å². The lowest BCUT2D eigenvalue weighted by Gasteiger charge is -2.43. The molecule has 2 fully saturated rings. The number of hydrogen-bond acceptors (Lipinski definition) is 4. The van der Waals surface area contributed by atoms with Gasteiger partial charge in [0, 0.05) is 12.1 Å². The van der Waals surface area contributed by atoms with Crippen LogP contribution in [-0.4, -0.2) is 15.9 Å². The van der Waals surface area contributed by atoms with E-state index in [-0.39, 0.29) is 11.2 Å². The monoisotopic (exact) mass is 275 g/mol. The first-order valence-corrected chi connectivity index (χ1v) is 7.20. The number of nitrogens with zero attached hydrogens (tertiary/aromatic N) is 2. The Morgan fingerprint density at radius 1 is 1.40 bits per heavy atom. The van der Waals surface area contributed by atoms with E-state index in [1.807, 2.05) is 0 Å². The Labute approximate surface area is 118 Å². The molecule has 1 aromatic rings. The highest BCUT2D eigenvalue weighted by Crippen LogP contribution is 2.63. The van der Waals surface area contributed by atoms with Gasteiger partial charge in [-0.05, 0) is 52.0 Å². The molecule has 0 spiro atoms. The molecular weight excluding hydrogens is 254 g/mol. The smallest absolute Gasteiger partial charge is 0.363 e. The number of pyridine rings is 1. The Hall–Kier alpha value is -1.65. The molecule has 2 bridgehead atoms. The zero-order valence-corrected chi connectivity index (χ0v) is 12.2. The summed E-state index contributed by atoms with van der Waals surface area (Å²) in [5.41, 5.74) is 1.47. The fraction of sp³-hybridized carbons (Fsp3) is 0.667. The minimum atomic E-state index is -0.466. The van der Waals surface area contributed by atoms with Crippen LogP contribution in [0.1, 0.15) is 40.0 Å². The molecule has 0 amide bonds. The highest BCUT2D eigenvalue weighted by atomic mass is 16.6. The Bertz CT molecular complexity index is 536. The molecule has 2 aliphatic carbocycles. The maximum atomic E-state index is 10.6. The van der Waals surface area contributed by atoms with E-state index in [2.05, 4.69) is 31.1 Å². The summed E-state index contributed by atoms with van der Waals surface area (Å²) >= 11 is 0. The lowest BCUT2D eigenvalue weighted by molar-refractivity contribution is -0.389. The molecule has 0 aromatic carbocycles. The van der Waals surface area contributed by atoms with Gasteiger partial charge in [0.15, 0.2) is 6.20 Å². The molecule has 0 saturated heterocycles. The summed E-state index contributed by atoms with van der Waals surface area (Å²) in [7, 11) is 0. The van der Waals surface area contributed by atoms with Crippen molar-refractivity contribution in [2.75, 3.05) is 5.32 Å². The van der Waals surface area contributed by atoms with Crippen LogP contribution < -0.4 is 5.32 Å². The van der Waals surface area contributed by atoms with Crippen molar-refractivity contribution < 1.29 is 4.92 Å². The molecule has 3 unspecified atom stereocenters.